The first-order valence-electron chi connectivity index (χ1n) is 4.32. The zero-order valence-corrected chi connectivity index (χ0v) is 10.1. The van der Waals surface area contributed by atoms with E-state index in [0.717, 1.165) is 3.79 Å². The molecule has 0 amide bonds. The molecule has 0 atom stereocenters. The van der Waals surface area contributed by atoms with Crippen molar-refractivity contribution in [2.45, 2.75) is 6.54 Å². The lowest BCUT2D eigenvalue weighted by atomic mass is 10.3. The molecule has 0 radical (unpaired) electrons. The lowest BCUT2D eigenvalue weighted by Crippen LogP contribution is -1.99. The summed E-state index contributed by atoms with van der Waals surface area (Å²) in [5, 5.41) is 5.17. The van der Waals surface area contributed by atoms with Crippen molar-refractivity contribution in [2.75, 3.05) is 5.32 Å². The molecule has 5 heteroatoms. The predicted molar refractivity (Wildman–Crippen MR) is 63.5 cm³/mol. The molecule has 78 valence electrons. The van der Waals surface area contributed by atoms with E-state index in [1.54, 1.807) is 17.4 Å². The van der Waals surface area contributed by atoms with Crippen molar-refractivity contribution in [1.82, 2.24) is 4.98 Å². The molecular formula is C10H8BrFN2S. The number of halogens is 2. The molecule has 2 rings (SSSR count). The maximum Gasteiger partial charge on any atom is 0.141 e. The van der Waals surface area contributed by atoms with E-state index in [4.69, 9.17) is 0 Å². The summed E-state index contributed by atoms with van der Waals surface area (Å²) in [4.78, 5) is 3.91. The first-order valence-corrected chi connectivity index (χ1v) is 5.99. The highest BCUT2D eigenvalue weighted by atomic mass is 79.9. The minimum absolute atomic E-state index is 0.321. The quantitative estimate of drug-likeness (QED) is 0.932. The first-order chi connectivity index (χ1) is 7.24. The average molecular weight is 287 g/mol. The van der Waals surface area contributed by atoms with E-state index in [1.165, 1.54) is 17.8 Å². The molecule has 0 bridgehead atoms. The lowest BCUT2D eigenvalue weighted by molar-refractivity contribution is 0.621. The van der Waals surface area contributed by atoms with E-state index in [0.29, 0.717) is 12.4 Å². The summed E-state index contributed by atoms with van der Waals surface area (Å²) in [5.41, 5.74) is 1.18. The third-order valence-corrected chi connectivity index (χ3v) is 3.38. The minimum atomic E-state index is -0.321. The van der Waals surface area contributed by atoms with E-state index in [1.807, 2.05) is 6.07 Å². The standard InChI is InChI=1S/C10H8BrFN2S/c11-9-3-7(6-15-9)4-13-10-2-1-8(12)5-14-10/h1-3,5-6H,4H2,(H,13,14). The second kappa shape index (κ2) is 4.72. The summed E-state index contributed by atoms with van der Waals surface area (Å²) in [5.74, 6) is 0.359. The molecule has 2 nitrogen and oxygen atoms in total. The molecule has 0 spiro atoms. The monoisotopic (exact) mass is 286 g/mol. The zero-order valence-electron chi connectivity index (χ0n) is 7.71. The molecule has 1 N–H and O–H groups in total. The van der Waals surface area contributed by atoms with Crippen LogP contribution in [0.1, 0.15) is 5.56 Å². The van der Waals surface area contributed by atoms with Gasteiger partial charge in [-0.05, 0) is 45.1 Å². The van der Waals surface area contributed by atoms with Gasteiger partial charge in [-0.1, -0.05) is 0 Å². The molecule has 0 aliphatic rings. The molecule has 0 aromatic carbocycles. The Morgan fingerprint density at radius 1 is 1.47 bits per heavy atom. The number of hydrogen-bond donors (Lipinski definition) is 1. The van der Waals surface area contributed by atoms with Crippen molar-refractivity contribution in [1.29, 1.82) is 0 Å². The van der Waals surface area contributed by atoms with Gasteiger partial charge in [0.1, 0.15) is 11.6 Å². The van der Waals surface area contributed by atoms with Crippen LogP contribution in [0.4, 0.5) is 10.2 Å². The van der Waals surface area contributed by atoms with Crippen LogP contribution in [0.2, 0.25) is 0 Å². The molecule has 0 saturated heterocycles. The number of nitrogens with one attached hydrogen (secondary N) is 1. The van der Waals surface area contributed by atoms with Gasteiger partial charge in [-0.3, -0.25) is 0 Å². The lowest BCUT2D eigenvalue weighted by Gasteiger charge is -2.02. The van der Waals surface area contributed by atoms with Gasteiger partial charge >= 0.3 is 0 Å². The van der Waals surface area contributed by atoms with Crippen LogP contribution in [0.5, 0.6) is 0 Å². The summed E-state index contributed by atoms with van der Waals surface area (Å²) >= 11 is 5.03. The highest BCUT2D eigenvalue weighted by Crippen LogP contribution is 2.21. The first kappa shape index (κ1) is 10.6. The molecular weight excluding hydrogens is 279 g/mol. The second-order valence-corrected chi connectivity index (χ2v) is 5.26. The number of pyridine rings is 1. The van der Waals surface area contributed by atoms with Crippen LogP contribution < -0.4 is 5.32 Å². The molecule has 0 aliphatic heterocycles. The van der Waals surface area contributed by atoms with Crippen molar-refractivity contribution in [3.05, 3.63) is 44.9 Å². The largest absolute Gasteiger partial charge is 0.366 e. The normalized spacial score (nSPS) is 10.3. The number of aromatic nitrogens is 1. The number of thiophene rings is 1. The molecule has 0 aliphatic carbocycles. The van der Waals surface area contributed by atoms with E-state index in [2.05, 4.69) is 31.6 Å². The maximum atomic E-state index is 12.6. The van der Waals surface area contributed by atoms with Gasteiger partial charge in [0.25, 0.3) is 0 Å². The fraction of sp³-hybridized carbons (Fsp3) is 0.100. The van der Waals surface area contributed by atoms with Gasteiger partial charge in [-0.25, -0.2) is 9.37 Å². The minimum Gasteiger partial charge on any atom is -0.366 e. The van der Waals surface area contributed by atoms with E-state index in [-0.39, 0.29) is 5.82 Å². The van der Waals surface area contributed by atoms with Gasteiger partial charge in [-0.2, -0.15) is 0 Å². The zero-order chi connectivity index (χ0) is 10.7. The van der Waals surface area contributed by atoms with Gasteiger partial charge in [0.15, 0.2) is 0 Å². The van der Waals surface area contributed by atoms with Crippen molar-refractivity contribution in [3.63, 3.8) is 0 Å². The highest BCUT2D eigenvalue weighted by Gasteiger charge is 1.98. The van der Waals surface area contributed by atoms with E-state index >= 15 is 0 Å². The molecule has 15 heavy (non-hydrogen) atoms. The summed E-state index contributed by atoms with van der Waals surface area (Å²) in [6.45, 7) is 0.695. The van der Waals surface area contributed by atoms with Crippen LogP contribution in [-0.4, -0.2) is 4.98 Å². The Balaban J connectivity index is 1.96. The maximum absolute atomic E-state index is 12.6. The third-order valence-electron chi connectivity index (χ3n) is 1.82. The van der Waals surface area contributed by atoms with Crippen molar-refractivity contribution < 1.29 is 4.39 Å². The number of nitrogens with zero attached hydrogens (tertiary/aromatic N) is 1. The van der Waals surface area contributed by atoms with Crippen molar-refractivity contribution in [3.8, 4) is 0 Å². The van der Waals surface area contributed by atoms with Gasteiger partial charge < -0.3 is 5.32 Å². The van der Waals surface area contributed by atoms with Crippen LogP contribution in [0.15, 0.2) is 33.6 Å². The molecule has 2 aromatic heterocycles. The van der Waals surface area contributed by atoms with Crippen LogP contribution in [0, 0.1) is 5.82 Å². The summed E-state index contributed by atoms with van der Waals surface area (Å²) in [6, 6.07) is 5.05. The summed E-state index contributed by atoms with van der Waals surface area (Å²) < 4.78 is 13.7. The van der Waals surface area contributed by atoms with Gasteiger partial charge in [0.05, 0.1) is 9.98 Å². The van der Waals surface area contributed by atoms with Crippen LogP contribution in [-0.2, 0) is 6.54 Å². The second-order valence-electron chi connectivity index (χ2n) is 2.97. The van der Waals surface area contributed by atoms with Gasteiger partial charge in [0, 0.05) is 6.54 Å². The number of anilines is 1. The molecule has 0 fully saturated rings. The molecule has 0 saturated carbocycles. The van der Waals surface area contributed by atoms with Crippen molar-refractivity contribution >= 4 is 33.1 Å². The molecule has 2 heterocycles. The molecule has 2 aromatic rings. The SMILES string of the molecule is Fc1ccc(NCc2csc(Br)c2)nc1. The predicted octanol–water partition coefficient (Wildman–Crippen LogP) is 3.66. The Hall–Kier alpha value is -0.940. The summed E-state index contributed by atoms with van der Waals surface area (Å²) in [6.07, 6.45) is 1.20. The molecule has 0 unspecified atom stereocenters. The Morgan fingerprint density at radius 2 is 2.33 bits per heavy atom. The Labute approximate surface area is 99.3 Å². The van der Waals surface area contributed by atoms with Crippen LogP contribution >= 0.6 is 27.3 Å². The summed E-state index contributed by atoms with van der Waals surface area (Å²) in [7, 11) is 0. The smallest absolute Gasteiger partial charge is 0.141 e. The third kappa shape index (κ3) is 3.00. The van der Waals surface area contributed by atoms with Crippen molar-refractivity contribution in [2.24, 2.45) is 0 Å². The van der Waals surface area contributed by atoms with Gasteiger partial charge in [0.2, 0.25) is 0 Å². The van der Waals surface area contributed by atoms with Crippen LogP contribution in [0.3, 0.4) is 0 Å². The fourth-order valence-corrected chi connectivity index (χ4v) is 2.32. The Bertz CT molecular complexity index is 441. The highest BCUT2D eigenvalue weighted by molar-refractivity contribution is 9.11. The fourth-order valence-electron chi connectivity index (χ4n) is 1.11. The average Bonchev–Trinajstić information content (AvgIpc) is 2.64. The van der Waals surface area contributed by atoms with Crippen LogP contribution in [0.25, 0.3) is 0 Å². The topological polar surface area (TPSA) is 24.9 Å². The Morgan fingerprint density at radius 3 is 2.93 bits per heavy atom. The Kier molecular flexibility index (Phi) is 3.33. The van der Waals surface area contributed by atoms with E-state index < -0.39 is 0 Å². The number of hydrogen-bond acceptors (Lipinski definition) is 3. The number of rotatable bonds is 3. The van der Waals surface area contributed by atoms with Gasteiger partial charge in [-0.15, -0.1) is 11.3 Å². The van der Waals surface area contributed by atoms with E-state index in [9.17, 15) is 4.39 Å².